The van der Waals surface area contributed by atoms with Gasteiger partial charge in [0.1, 0.15) is 11.9 Å². The fourth-order valence-corrected chi connectivity index (χ4v) is 1.89. The normalized spacial score (nSPS) is 14.8. The van der Waals surface area contributed by atoms with Crippen molar-refractivity contribution in [1.29, 1.82) is 0 Å². The van der Waals surface area contributed by atoms with Crippen LogP contribution < -0.4 is 5.73 Å². The highest BCUT2D eigenvalue weighted by Crippen LogP contribution is 2.23. The van der Waals surface area contributed by atoms with Crippen molar-refractivity contribution in [3.63, 3.8) is 0 Å². The van der Waals surface area contributed by atoms with Crippen LogP contribution in [0, 0.1) is 5.82 Å². The molecule has 0 fully saturated rings. The Morgan fingerprint density at radius 1 is 1.38 bits per heavy atom. The Morgan fingerprint density at radius 3 is 2.62 bits per heavy atom. The van der Waals surface area contributed by atoms with Gasteiger partial charge in [0.25, 0.3) is 0 Å². The van der Waals surface area contributed by atoms with Gasteiger partial charge in [-0.15, -0.1) is 0 Å². The van der Waals surface area contributed by atoms with E-state index in [0.717, 1.165) is 5.56 Å². The highest BCUT2D eigenvalue weighted by atomic mass is 79.9. The number of rotatable bonds is 5. The summed E-state index contributed by atoms with van der Waals surface area (Å²) in [5.41, 5.74) is 6.25. The van der Waals surface area contributed by atoms with Gasteiger partial charge < -0.3 is 15.9 Å². The zero-order chi connectivity index (χ0) is 12.1. The van der Waals surface area contributed by atoms with E-state index in [-0.39, 0.29) is 12.1 Å². The molecule has 0 aliphatic carbocycles. The summed E-state index contributed by atoms with van der Waals surface area (Å²) < 4.78 is 13.4. The van der Waals surface area contributed by atoms with Crippen LogP contribution in [-0.4, -0.2) is 21.6 Å². The molecule has 0 spiro atoms. The van der Waals surface area contributed by atoms with Gasteiger partial charge in [0.15, 0.2) is 0 Å². The molecule has 0 aliphatic rings. The first-order valence-corrected chi connectivity index (χ1v) is 6.12. The predicted molar refractivity (Wildman–Crippen MR) is 63.7 cm³/mol. The average molecular weight is 292 g/mol. The van der Waals surface area contributed by atoms with Crippen LogP contribution in [0.15, 0.2) is 18.2 Å². The second-order valence-corrected chi connectivity index (χ2v) is 4.34. The maximum Gasteiger partial charge on any atom is 0.129 e. The van der Waals surface area contributed by atoms with E-state index in [1.165, 1.54) is 12.1 Å². The first kappa shape index (κ1) is 13.6. The molecule has 0 heterocycles. The Hall–Kier alpha value is -0.490. The van der Waals surface area contributed by atoms with Crippen molar-refractivity contribution in [3.8, 4) is 0 Å². The molecule has 0 amide bonds. The molecule has 0 saturated heterocycles. The summed E-state index contributed by atoms with van der Waals surface area (Å²) in [7, 11) is 0. The summed E-state index contributed by atoms with van der Waals surface area (Å²) in [6, 6.07) is 4.29. The van der Waals surface area contributed by atoms with E-state index in [0.29, 0.717) is 11.8 Å². The number of aliphatic hydroxyl groups excluding tert-OH is 2. The molecule has 0 radical (unpaired) electrons. The molecule has 2 atom stereocenters. The summed E-state index contributed by atoms with van der Waals surface area (Å²) in [5.74, 6) is -0.529. The number of aliphatic hydroxyl groups is 2. The lowest BCUT2D eigenvalue weighted by molar-refractivity contribution is 0.0152. The molecule has 5 heteroatoms. The second-order valence-electron chi connectivity index (χ2n) is 3.55. The van der Waals surface area contributed by atoms with Gasteiger partial charge in [-0.2, -0.15) is 0 Å². The maximum absolute atomic E-state index is 13.4. The van der Waals surface area contributed by atoms with Crippen LogP contribution in [0.1, 0.15) is 23.7 Å². The van der Waals surface area contributed by atoms with Gasteiger partial charge in [0, 0.05) is 17.4 Å². The SMILES string of the molecule is NCc1ccc(F)c(C(O)C(O)CCBr)c1. The molecule has 0 aliphatic heterocycles. The molecule has 3 nitrogen and oxygen atoms in total. The summed E-state index contributed by atoms with van der Waals surface area (Å²) in [6.07, 6.45) is -1.85. The fourth-order valence-electron chi connectivity index (χ4n) is 1.42. The third kappa shape index (κ3) is 3.25. The van der Waals surface area contributed by atoms with E-state index in [4.69, 9.17) is 5.73 Å². The topological polar surface area (TPSA) is 66.5 Å². The number of hydrogen-bond acceptors (Lipinski definition) is 3. The average Bonchev–Trinajstić information content (AvgIpc) is 2.29. The lowest BCUT2D eigenvalue weighted by Crippen LogP contribution is -2.20. The van der Waals surface area contributed by atoms with E-state index >= 15 is 0 Å². The van der Waals surface area contributed by atoms with Crippen molar-refractivity contribution in [1.82, 2.24) is 0 Å². The Kier molecular flexibility index (Phi) is 5.34. The molecule has 0 bridgehead atoms. The van der Waals surface area contributed by atoms with Crippen LogP contribution >= 0.6 is 15.9 Å². The molecule has 16 heavy (non-hydrogen) atoms. The van der Waals surface area contributed by atoms with Crippen LogP contribution in [-0.2, 0) is 6.54 Å². The Bertz CT molecular complexity index is 349. The largest absolute Gasteiger partial charge is 0.390 e. The standard InChI is InChI=1S/C11H15BrFNO2/c12-4-3-10(15)11(16)8-5-7(6-14)1-2-9(8)13/h1-2,5,10-11,15-16H,3-4,6,14H2. The van der Waals surface area contributed by atoms with E-state index in [1.807, 2.05) is 0 Å². The number of nitrogens with two attached hydrogens (primary N) is 1. The fraction of sp³-hybridized carbons (Fsp3) is 0.455. The van der Waals surface area contributed by atoms with Crippen LogP contribution in [0.5, 0.6) is 0 Å². The lowest BCUT2D eigenvalue weighted by Gasteiger charge is -2.18. The van der Waals surface area contributed by atoms with Crippen LogP contribution in [0.25, 0.3) is 0 Å². The molecule has 4 N–H and O–H groups in total. The third-order valence-electron chi connectivity index (χ3n) is 2.38. The minimum atomic E-state index is -1.22. The molecular weight excluding hydrogens is 277 g/mol. The van der Waals surface area contributed by atoms with Gasteiger partial charge in [0.2, 0.25) is 0 Å². The van der Waals surface area contributed by atoms with Crippen molar-refractivity contribution < 1.29 is 14.6 Å². The molecule has 90 valence electrons. The lowest BCUT2D eigenvalue weighted by atomic mass is 10.00. The maximum atomic E-state index is 13.4. The second kappa shape index (κ2) is 6.30. The smallest absolute Gasteiger partial charge is 0.129 e. The van der Waals surface area contributed by atoms with Crippen molar-refractivity contribution in [3.05, 3.63) is 35.1 Å². The summed E-state index contributed by atoms with van der Waals surface area (Å²) in [4.78, 5) is 0. The van der Waals surface area contributed by atoms with Gasteiger partial charge >= 0.3 is 0 Å². The van der Waals surface area contributed by atoms with Crippen LogP contribution in [0.2, 0.25) is 0 Å². The summed E-state index contributed by atoms with van der Waals surface area (Å²) in [5, 5.41) is 19.9. The minimum absolute atomic E-state index is 0.0939. The Balaban J connectivity index is 2.92. The summed E-state index contributed by atoms with van der Waals surface area (Å²) >= 11 is 3.15. The summed E-state index contributed by atoms with van der Waals surface area (Å²) in [6.45, 7) is 0.272. The molecule has 1 rings (SSSR count). The van der Waals surface area contributed by atoms with Crippen LogP contribution in [0.3, 0.4) is 0 Å². The predicted octanol–water partition coefficient (Wildman–Crippen LogP) is 1.46. The first-order valence-electron chi connectivity index (χ1n) is 5.00. The molecule has 2 unspecified atom stereocenters. The van der Waals surface area contributed by atoms with E-state index in [9.17, 15) is 14.6 Å². The van der Waals surface area contributed by atoms with Crippen molar-refractivity contribution in [2.24, 2.45) is 5.73 Å². The molecule has 0 aromatic heterocycles. The van der Waals surface area contributed by atoms with Gasteiger partial charge in [-0.25, -0.2) is 4.39 Å². The quantitative estimate of drug-likeness (QED) is 0.720. The van der Waals surface area contributed by atoms with Gasteiger partial charge in [-0.3, -0.25) is 0 Å². The van der Waals surface area contributed by atoms with E-state index in [2.05, 4.69) is 15.9 Å². The zero-order valence-corrected chi connectivity index (χ0v) is 10.3. The highest BCUT2D eigenvalue weighted by molar-refractivity contribution is 9.09. The minimum Gasteiger partial charge on any atom is -0.390 e. The van der Waals surface area contributed by atoms with Gasteiger partial charge in [-0.05, 0) is 24.1 Å². The monoisotopic (exact) mass is 291 g/mol. The van der Waals surface area contributed by atoms with Crippen molar-refractivity contribution in [2.45, 2.75) is 25.2 Å². The molecule has 0 saturated carbocycles. The Morgan fingerprint density at radius 2 is 2.06 bits per heavy atom. The van der Waals surface area contributed by atoms with E-state index < -0.39 is 18.0 Å². The highest BCUT2D eigenvalue weighted by Gasteiger charge is 2.21. The number of benzene rings is 1. The Labute approximate surface area is 102 Å². The van der Waals surface area contributed by atoms with Crippen LogP contribution in [0.4, 0.5) is 4.39 Å². The first-order chi connectivity index (χ1) is 7.60. The van der Waals surface area contributed by atoms with Gasteiger partial charge in [-0.1, -0.05) is 22.0 Å². The zero-order valence-electron chi connectivity index (χ0n) is 8.74. The molecule has 1 aromatic rings. The number of hydrogen-bond donors (Lipinski definition) is 3. The molecular formula is C11H15BrFNO2. The number of alkyl halides is 1. The molecule has 1 aromatic carbocycles. The number of halogens is 2. The van der Waals surface area contributed by atoms with Crippen molar-refractivity contribution >= 4 is 15.9 Å². The van der Waals surface area contributed by atoms with Crippen molar-refractivity contribution in [2.75, 3.05) is 5.33 Å². The van der Waals surface area contributed by atoms with Gasteiger partial charge in [0.05, 0.1) is 6.10 Å². The van der Waals surface area contributed by atoms with E-state index in [1.54, 1.807) is 6.07 Å². The third-order valence-corrected chi connectivity index (χ3v) is 2.84.